The van der Waals surface area contributed by atoms with E-state index in [1.54, 1.807) is 0 Å². The van der Waals surface area contributed by atoms with Crippen molar-refractivity contribution < 1.29 is 4.52 Å². The van der Waals surface area contributed by atoms with Crippen LogP contribution < -0.4 is 5.73 Å². The van der Waals surface area contributed by atoms with Crippen LogP contribution in [0.15, 0.2) is 28.8 Å². The monoisotopic (exact) mass is 265 g/mol. The molecule has 2 rings (SSSR count). The Labute approximate surface area is 111 Å². The first-order valence-electron chi connectivity index (χ1n) is 6.01. The summed E-state index contributed by atoms with van der Waals surface area (Å²) in [6, 6.07) is 7.44. The van der Waals surface area contributed by atoms with Gasteiger partial charge < -0.3 is 10.3 Å². The highest BCUT2D eigenvalue weighted by atomic mass is 35.5. The van der Waals surface area contributed by atoms with Crippen LogP contribution in [0.3, 0.4) is 0 Å². The molecule has 0 saturated carbocycles. The van der Waals surface area contributed by atoms with E-state index < -0.39 is 0 Å². The standard InChI is InChI=1S/C13H16ClN3O/c1-2-4-11(15)13-16-12(17-18-13)8-9-5-3-6-10(14)7-9/h3,5-7,11H,2,4,8,15H2,1H3/t11-/m0/s1. The first-order valence-corrected chi connectivity index (χ1v) is 6.39. The molecule has 1 heterocycles. The average molecular weight is 266 g/mol. The normalized spacial score (nSPS) is 12.6. The van der Waals surface area contributed by atoms with E-state index in [0.717, 1.165) is 18.4 Å². The van der Waals surface area contributed by atoms with Gasteiger partial charge in [0, 0.05) is 11.4 Å². The second-order valence-corrected chi connectivity index (χ2v) is 4.69. The minimum atomic E-state index is -0.171. The van der Waals surface area contributed by atoms with Crippen molar-refractivity contribution in [2.24, 2.45) is 5.73 Å². The fourth-order valence-corrected chi connectivity index (χ4v) is 1.97. The third-order valence-electron chi connectivity index (χ3n) is 2.65. The van der Waals surface area contributed by atoms with Crippen molar-refractivity contribution in [1.29, 1.82) is 0 Å². The summed E-state index contributed by atoms with van der Waals surface area (Å²) in [5.74, 6) is 1.15. The zero-order valence-electron chi connectivity index (χ0n) is 10.3. The minimum Gasteiger partial charge on any atom is -0.338 e. The molecular weight excluding hydrogens is 250 g/mol. The maximum absolute atomic E-state index is 5.92. The van der Waals surface area contributed by atoms with Crippen molar-refractivity contribution in [3.05, 3.63) is 46.6 Å². The molecule has 18 heavy (non-hydrogen) atoms. The number of nitrogens with zero attached hydrogens (tertiary/aromatic N) is 2. The Morgan fingerprint density at radius 1 is 1.44 bits per heavy atom. The second-order valence-electron chi connectivity index (χ2n) is 4.25. The van der Waals surface area contributed by atoms with E-state index in [9.17, 15) is 0 Å². The molecule has 1 aromatic heterocycles. The second kappa shape index (κ2) is 5.98. The molecule has 0 spiro atoms. The lowest BCUT2D eigenvalue weighted by Gasteiger charge is -2.02. The Kier molecular flexibility index (Phi) is 4.33. The summed E-state index contributed by atoms with van der Waals surface area (Å²) in [6.07, 6.45) is 2.44. The summed E-state index contributed by atoms with van der Waals surface area (Å²) < 4.78 is 5.16. The number of halogens is 1. The lowest BCUT2D eigenvalue weighted by Crippen LogP contribution is -2.10. The highest BCUT2D eigenvalue weighted by Crippen LogP contribution is 2.16. The number of hydrogen-bond donors (Lipinski definition) is 1. The fourth-order valence-electron chi connectivity index (χ4n) is 1.75. The molecule has 0 radical (unpaired) electrons. The summed E-state index contributed by atoms with van der Waals surface area (Å²) in [5.41, 5.74) is 6.97. The van der Waals surface area contributed by atoms with E-state index in [4.69, 9.17) is 21.9 Å². The van der Waals surface area contributed by atoms with Crippen LogP contribution in [-0.4, -0.2) is 10.1 Å². The Bertz CT molecular complexity index is 512. The van der Waals surface area contributed by atoms with Gasteiger partial charge in [-0.05, 0) is 24.1 Å². The molecule has 2 N–H and O–H groups in total. The molecule has 0 aliphatic carbocycles. The van der Waals surface area contributed by atoms with E-state index in [1.807, 2.05) is 24.3 Å². The van der Waals surface area contributed by atoms with Crippen LogP contribution in [0.25, 0.3) is 0 Å². The summed E-state index contributed by atoms with van der Waals surface area (Å²) in [7, 11) is 0. The number of aromatic nitrogens is 2. The Balaban J connectivity index is 2.06. The molecule has 0 unspecified atom stereocenters. The molecule has 5 heteroatoms. The molecular formula is C13H16ClN3O. The molecule has 0 aliphatic heterocycles. The third kappa shape index (κ3) is 3.31. The maximum atomic E-state index is 5.92. The molecule has 2 aromatic rings. The van der Waals surface area contributed by atoms with E-state index in [0.29, 0.717) is 23.2 Å². The lowest BCUT2D eigenvalue weighted by molar-refractivity contribution is 0.345. The zero-order chi connectivity index (χ0) is 13.0. The van der Waals surface area contributed by atoms with Crippen LogP contribution in [0.2, 0.25) is 5.02 Å². The first-order chi connectivity index (χ1) is 8.69. The van der Waals surface area contributed by atoms with Crippen LogP contribution in [0.5, 0.6) is 0 Å². The molecule has 0 bridgehead atoms. The number of rotatable bonds is 5. The predicted molar refractivity (Wildman–Crippen MR) is 70.4 cm³/mol. The average Bonchev–Trinajstić information content (AvgIpc) is 2.78. The fraction of sp³-hybridized carbons (Fsp3) is 0.385. The zero-order valence-corrected chi connectivity index (χ0v) is 11.0. The molecule has 1 aromatic carbocycles. The molecule has 0 amide bonds. The van der Waals surface area contributed by atoms with Gasteiger partial charge >= 0.3 is 0 Å². The number of nitrogens with two attached hydrogens (primary N) is 1. The SMILES string of the molecule is CCC[C@H](N)c1nc(Cc2cccc(Cl)c2)no1. The predicted octanol–water partition coefficient (Wildman–Crippen LogP) is 3.11. The van der Waals surface area contributed by atoms with Crippen molar-refractivity contribution in [2.75, 3.05) is 0 Å². The largest absolute Gasteiger partial charge is 0.338 e. The molecule has 0 fully saturated rings. The van der Waals surface area contributed by atoms with Gasteiger partial charge in [-0.15, -0.1) is 0 Å². The van der Waals surface area contributed by atoms with Gasteiger partial charge in [-0.1, -0.05) is 42.2 Å². The van der Waals surface area contributed by atoms with Crippen LogP contribution in [0, 0.1) is 0 Å². The minimum absolute atomic E-state index is 0.171. The Morgan fingerprint density at radius 2 is 2.28 bits per heavy atom. The summed E-state index contributed by atoms with van der Waals surface area (Å²) in [5, 5.41) is 4.64. The van der Waals surface area contributed by atoms with E-state index in [1.165, 1.54) is 0 Å². The molecule has 0 aliphatic rings. The first kappa shape index (κ1) is 13.1. The van der Waals surface area contributed by atoms with Crippen LogP contribution in [0.1, 0.15) is 43.1 Å². The van der Waals surface area contributed by atoms with Gasteiger partial charge in [0.15, 0.2) is 5.82 Å². The van der Waals surface area contributed by atoms with Gasteiger partial charge in [0.1, 0.15) is 0 Å². The van der Waals surface area contributed by atoms with Crippen molar-refractivity contribution in [3.8, 4) is 0 Å². The molecule has 96 valence electrons. The van der Waals surface area contributed by atoms with E-state index >= 15 is 0 Å². The van der Waals surface area contributed by atoms with Gasteiger partial charge in [0.25, 0.3) is 0 Å². The van der Waals surface area contributed by atoms with Crippen LogP contribution in [-0.2, 0) is 6.42 Å². The van der Waals surface area contributed by atoms with Crippen molar-refractivity contribution >= 4 is 11.6 Å². The topological polar surface area (TPSA) is 64.9 Å². The smallest absolute Gasteiger partial charge is 0.243 e. The van der Waals surface area contributed by atoms with Crippen LogP contribution in [0.4, 0.5) is 0 Å². The van der Waals surface area contributed by atoms with E-state index in [-0.39, 0.29) is 6.04 Å². The number of hydrogen-bond acceptors (Lipinski definition) is 4. The Morgan fingerprint density at radius 3 is 3.00 bits per heavy atom. The summed E-state index contributed by atoms with van der Waals surface area (Å²) in [6.45, 7) is 2.07. The highest BCUT2D eigenvalue weighted by molar-refractivity contribution is 6.30. The lowest BCUT2D eigenvalue weighted by atomic mass is 10.1. The third-order valence-corrected chi connectivity index (χ3v) is 2.89. The maximum Gasteiger partial charge on any atom is 0.243 e. The van der Waals surface area contributed by atoms with Gasteiger partial charge in [0.05, 0.1) is 6.04 Å². The van der Waals surface area contributed by atoms with Crippen LogP contribution >= 0.6 is 11.6 Å². The Hall–Kier alpha value is -1.39. The van der Waals surface area contributed by atoms with Crippen molar-refractivity contribution in [1.82, 2.24) is 10.1 Å². The molecule has 1 atom stereocenters. The molecule has 0 saturated heterocycles. The number of benzene rings is 1. The highest BCUT2D eigenvalue weighted by Gasteiger charge is 2.13. The van der Waals surface area contributed by atoms with Crippen molar-refractivity contribution in [2.45, 2.75) is 32.2 Å². The van der Waals surface area contributed by atoms with E-state index in [2.05, 4.69) is 17.1 Å². The summed E-state index contributed by atoms with van der Waals surface area (Å²) >= 11 is 5.92. The van der Waals surface area contributed by atoms with Gasteiger partial charge in [0.2, 0.25) is 5.89 Å². The quantitative estimate of drug-likeness (QED) is 0.902. The van der Waals surface area contributed by atoms with Gasteiger partial charge in [-0.3, -0.25) is 0 Å². The molecule has 4 nitrogen and oxygen atoms in total. The van der Waals surface area contributed by atoms with Crippen molar-refractivity contribution in [3.63, 3.8) is 0 Å². The van der Waals surface area contributed by atoms with Gasteiger partial charge in [-0.25, -0.2) is 0 Å². The van der Waals surface area contributed by atoms with Gasteiger partial charge in [-0.2, -0.15) is 4.98 Å². The summed E-state index contributed by atoms with van der Waals surface area (Å²) in [4.78, 5) is 4.31.